The number of hydrogen-bond donors (Lipinski definition) is 1. The van der Waals surface area contributed by atoms with Crippen molar-refractivity contribution in [2.75, 3.05) is 7.11 Å². The smallest absolute Gasteiger partial charge is 0.407 e. The van der Waals surface area contributed by atoms with Gasteiger partial charge in [0.15, 0.2) is 0 Å². The van der Waals surface area contributed by atoms with E-state index in [2.05, 4.69) is 5.32 Å². The fraction of sp³-hybridized carbons (Fsp3) is 0.444. The molecule has 1 aromatic carbocycles. The van der Waals surface area contributed by atoms with Gasteiger partial charge in [-0.05, 0) is 24.8 Å². The molecule has 0 heterocycles. The van der Waals surface area contributed by atoms with Gasteiger partial charge >= 0.3 is 12.1 Å². The van der Waals surface area contributed by atoms with Gasteiger partial charge in [-0.25, -0.2) is 4.79 Å². The number of allylic oxidation sites excluding steroid dienone is 1. The molecule has 0 spiro atoms. The Balaban J connectivity index is 2.00. The maximum atomic E-state index is 12.2. The van der Waals surface area contributed by atoms with Gasteiger partial charge in [0.25, 0.3) is 0 Å². The Hall–Kier alpha value is -2.30. The summed E-state index contributed by atoms with van der Waals surface area (Å²) in [6.07, 6.45) is 5.15. The highest BCUT2D eigenvalue weighted by Gasteiger charge is 2.46. The zero-order valence-electron chi connectivity index (χ0n) is 13.6. The number of hydrogen-bond acceptors (Lipinski definition) is 4. The molecule has 0 saturated carbocycles. The first-order valence-electron chi connectivity index (χ1n) is 7.83. The van der Waals surface area contributed by atoms with E-state index in [4.69, 9.17) is 9.47 Å². The van der Waals surface area contributed by atoms with Gasteiger partial charge in [-0.15, -0.1) is 0 Å². The third kappa shape index (κ3) is 3.92. The average molecular weight is 317 g/mol. The Kier molecular flexibility index (Phi) is 5.79. The molecule has 0 unspecified atom stereocenters. The number of carbonyl (C=O) groups is 2. The molecular formula is C18H23NO4. The van der Waals surface area contributed by atoms with E-state index >= 15 is 0 Å². The van der Waals surface area contributed by atoms with Gasteiger partial charge in [0.05, 0.1) is 18.6 Å². The van der Waals surface area contributed by atoms with Crippen LogP contribution in [0.2, 0.25) is 0 Å². The molecule has 1 aromatic rings. The number of amides is 1. The number of ether oxygens (including phenoxy) is 2. The van der Waals surface area contributed by atoms with Crippen LogP contribution in [0.3, 0.4) is 0 Å². The predicted octanol–water partition coefficient (Wildman–Crippen LogP) is 3.20. The largest absolute Gasteiger partial charge is 0.469 e. The van der Waals surface area contributed by atoms with Crippen LogP contribution in [0.1, 0.15) is 31.7 Å². The van der Waals surface area contributed by atoms with Gasteiger partial charge < -0.3 is 14.8 Å². The normalized spacial score (nSPS) is 23.1. The van der Waals surface area contributed by atoms with E-state index in [9.17, 15) is 9.59 Å². The zero-order chi connectivity index (χ0) is 16.7. The minimum absolute atomic E-state index is 0.201. The van der Waals surface area contributed by atoms with Crippen molar-refractivity contribution in [2.45, 2.75) is 38.8 Å². The minimum atomic E-state index is -0.727. The summed E-state index contributed by atoms with van der Waals surface area (Å²) in [5.41, 5.74) is 0.191. The lowest BCUT2D eigenvalue weighted by Gasteiger charge is -2.38. The van der Waals surface area contributed by atoms with Crippen LogP contribution in [-0.4, -0.2) is 25.2 Å². The zero-order valence-corrected chi connectivity index (χ0v) is 13.6. The number of alkyl carbamates (subject to hydrolysis) is 1. The molecule has 0 bridgehead atoms. The van der Waals surface area contributed by atoms with E-state index in [1.807, 2.05) is 49.4 Å². The summed E-state index contributed by atoms with van der Waals surface area (Å²) < 4.78 is 10.2. The molecule has 5 nitrogen and oxygen atoms in total. The summed E-state index contributed by atoms with van der Waals surface area (Å²) in [6.45, 7) is 2.13. The summed E-state index contributed by atoms with van der Waals surface area (Å²) in [5.74, 6) is -0.294. The SMILES string of the molecule is CC[C@]1(C(=O)OC)CC=CC[C@@H]1NC(=O)OCc1ccccc1. The predicted molar refractivity (Wildman–Crippen MR) is 86.7 cm³/mol. The van der Waals surface area contributed by atoms with Gasteiger partial charge in [-0.1, -0.05) is 49.4 Å². The van der Waals surface area contributed by atoms with Crippen molar-refractivity contribution in [3.63, 3.8) is 0 Å². The molecule has 124 valence electrons. The summed E-state index contributed by atoms with van der Waals surface area (Å²) in [6, 6.07) is 9.14. The second-order valence-electron chi connectivity index (χ2n) is 5.67. The molecule has 1 N–H and O–H groups in total. The standard InChI is InChI=1S/C18H23NO4/c1-3-18(16(20)22-2)12-8-7-11-15(18)19-17(21)23-13-14-9-5-4-6-10-14/h4-10,15H,3,11-13H2,1-2H3,(H,19,21)/t15-,18-/m0/s1. The first-order chi connectivity index (χ1) is 11.1. The van der Waals surface area contributed by atoms with Crippen LogP contribution in [0.15, 0.2) is 42.5 Å². The molecule has 0 radical (unpaired) electrons. The maximum absolute atomic E-state index is 12.2. The van der Waals surface area contributed by atoms with Gasteiger partial charge in [0.2, 0.25) is 0 Å². The van der Waals surface area contributed by atoms with Crippen molar-refractivity contribution in [1.82, 2.24) is 5.32 Å². The molecule has 0 saturated heterocycles. The van der Waals surface area contributed by atoms with Crippen molar-refractivity contribution in [3.8, 4) is 0 Å². The summed E-state index contributed by atoms with van der Waals surface area (Å²) in [7, 11) is 1.38. The lowest BCUT2D eigenvalue weighted by atomic mass is 9.71. The second-order valence-corrected chi connectivity index (χ2v) is 5.67. The monoisotopic (exact) mass is 317 g/mol. The average Bonchev–Trinajstić information content (AvgIpc) is 2.60. The van der Waals surface area contributed by atoms with Crippen molar-refractivity contribution in [2.24, 2.45) is 5.41 Å². The molecule has 23 heavy (non-hydrogen) atoms. The molecule has 5 heteroatoms. The Morgan fingerprint density at radius 3 is 2.65 bits per heavy atom. The summed E-state index contributed by atoms with van der Waals surface area (Å²) in [4.78, 5) is 24.3. The number of benzene rings is 1. The van der Waals surface area contributed by atoms with Crippen LogP contribution in [-0.2, 0) is 20.9 Å². The van der Waals surface area contributed by atoms with Crippen molar-refractivity contribution < 1.29 is 19.1 Å². The Morgan fingerprint density at radius 1 is 1.26 bits per heavy atom. The number of nitrogens with one attached hydrogen (secondary N) is 1. The number of methoxy groups -OCH3 is 1. The van der Waals surface area contributed by atoms with Crippen LogP contribution in [0.4, 0.5) is 4.79 Å². The highest BCUT2D eigenvalue weighted by atomic mass is 16.5. The Bertz CT molecular complexity index is 570. The fourth-order valence-electron chi connectivity index (χ4n) is 2.96. The molecule has 0 aromatic heterocycles. The lowest BCUT2D eigenvalue weighted by Crippen LogP contribution is -2.53. The molecular weight excluding hydrogens is 294 g/mol. The quantitative estimate of drug-likeness (QED) is 0.669. The van der Waals surface area contributed by atoms with E-state index in [1.54, 1.807) is 0 Å². The second kappa shape index (κ2) is 7.81. The third-order valence-electron chi connectivity index (χ3n) is 4.42. The molecule has 0 aliphatic heterocycles. The number of rotatable bonds is 5. The van der Waals surface area contributed by atoms with Crippen LogP contribution < -0.4 is 5.32 Å². The first-order valence-corrected chi connectivity index (χ1v) is 7.83. The number of carbonyl (C=O) groups excluding carboxylic acids is 2. The van der Waals surface area contributed by atoms with Crippen LogP contribution >= 0.6 is 0 Å². The highest BCUT2D eigenvalue weighted by Crippen LogP contribution is 2.37. The molecule has 1 amide bonds. The third-order valence-corrected chi connectivity index (χ3v) is 4.42. The molecule has 1 aliphatic rings. The van der Waals surface area contributed by atoms with E-state index < -0.39 is 11.5 Å². The van der Waals surface area contributed by atoms with Gasteiger partial charge in [0, 0.05) is 0 Å². The molecule has 2 atom stereocenters. The summed E-state index contributed by atoms with van der Waals surface area (Å²) in [5, 5.41) is 2.83. The highest BCUT2D eigenvalue weighted by molar-refractivity contribution is 5.79. The molecule has 2 rings (SSSR count). The van der Waals surface area contributed by atoms with E-state index in [0.29, 0.717) is 19.3 Å². The fourth-order valence-corrected chi connectivity index (χ4v) is 2.96. The van der Waals surface area contributed by atoms with Gasteiger partial charge in [-0.2, -0.15) is 0 Å². The van der Waals surface area contributed by atoms with Crippen LogP contribution in [0.5, 0.6) is 0 Å². The van der Waals surface area contributed by atoms with Gasteiger partial charge in [-0.3, -0.25) is 4.79 Å². The van der Waals surface area contributed by atoms with Gasteiger partial charge in [0.1, 0.15) is 6.61 Å². The van der Waals surface area contributed by atoms with E-state index in [-0.39, 0.29) is 18.6 Å². The number of esters is 1. The minimum Gasteiger partial charge on any atom is -0.469 e. The van der Waals surface area contributed by atoms with Crippen molar-refractivity contribution >= 4 is 12.1 Å². The Morgan fingerprint density at radius 2 is 2.00 bits per heavy atom. The summed E-state index contributed by atoms with van der Waals surface area (Å²) >= 11 is 0. The molecule has 1 aliphatic carbocycles. The van der Waals surface area contributed by atoms with Crippen molar-refractivity contribution in [1.29, 1.82) is 0 Å². The van der Waals surface area contributed by atoms with Crippen LogP contribution in [0, 0.1) is 5.41 Å². The van der Waals surface area contributed by atoms with E-state index in [1.165, 1.54) is 7.11 Å². The first kappa shape index (κ1) is 17.1. The topological polar surface area (TPSA) is 64.6 Å². The lowest BCUT2D eigenvalue weighted by molar-refractivity contribution is -0.155. The van der Waals surface area contributed by atoms with Crippen LogP contribution in [0.25, 0.3) is 0 Å². The van der Waals surface area contributed by atoms with Crippen molar-refractivity contribution in [3.05, 3.63) is 48.0 Å². The maximum Gasteiger partial charge on any atom is 0.407 e. The molecule has 0 fully saturated rings. The Labute approximate surface area is 136 Å². The van der Waals surface area contributed by atoms with E-state index in [0.717, 1.165) is 5.56 Å².